The topological polar surface area (TPSA) is 78.7 Å². The van der Waals surface area contributed by atoms with Gasteiger partial charge in [0.25, 0.3) is 0 Å². The molecule has 0 amide bonds. The maximum Gasteiger partial charge on any atom is 0.0606 e. The number of aliphatic hydroxyl groups is 2. The van der Waals surface area contributed by atoms with Crippen molar-refractivity contribution in [2.24, 2.45) is 0 Å². The Morgan fingerprint density at radius 1 is 1.20 bits per heavy atom. The molecule has 0 spiro atoms. The van der Waals surface area contributed by atoms with Crippen molar-refractivity contribution >= 4 is 0 Å². The summed E-state index contributed by atoms with van der Waals surface area (Å²) in [5, 5.41) is 16.8. The molecule has 0 heterocycles. The van der Waals surface area contributed by atoms with Gasteiger partial charge in [-0.25, -0.2) is 0 Å². The zero-order valence-corrected chi connectivity index (χ0v) is 6.16. The first kappa shape index (κ1) is 12.1. The van der Waals surface area contributed by atoms with Crippen LogP contribution in [0.1, 0.15) is 0 Å². The molecule has 0 saturated heterocycles. The van der Waals surface area contributed by atoms with Crippen LogP contribution in [0.25, 0.3) is 0 Å². The Bertz CT molecular complexity index is 72.1. The molecule has 0 atom stereocenters. The van der Waals surface area contributed by atoms with E-state index in [1.54, 1.807) is 11.1 Å². The molecule has 4 heteroatoms. The molecule has 0 saturated carbocycles. The fraction of sp³-hybridized carbons (Fsp3) is 0.667. The van der Waals surface area contributed by atoms with E-state index < -0.39 is 0 Å². The van der Waals surface area contributed by atoms with E-state index in [1.807, 2.05) is 0 Å². The minimum Gasteiger partial charge on any atom is -0.395 e. The SMILES string of the molecule is C=CN(CCO)CCO.N. The molecule has 0 aliphatic rings. The minimum absolute atomic E-state index is 0. The smallest absolute Gasteiger partial charge is 0.0606 e. The first-order chi connectivity index (χ1) is 4.35. The minimum atomic E-state index is 0. The predicted octanol–water partition coefficient (Wildman–Crippen LogP) is -0.422. The lowest BCUT2D eigenvalue weighted by Gasteiger charge is -2.15. The third-order valence-corrected chi connectivity index (χ3v) is 1.03. The summed E-state index contributed by atoms with van der Waals surface area (Å²) in [7, 11) is 0. The highest BCUT2D eigenvalue weighted by atomic mass is 16.3. The van der Waals surface area contributed by atoms with Crippen molar-refractivity contribution in [3.05, 3.63) is 12.8 Å². The van der Waals surface area contributed by atoms with E-state index >= 15 is 0 Å². The highest BCUT2D eigenvalue weighted by Gasteiger charge is 1.92. The fourth-order valence-electron chi connectivity index (χ4n) is 0.551. The van der Waals surface area contributed by atoms with Gasteiger partial charge < -0.3 is 21.3 Å². The van der Waals surface area contributed by atoms with E-state index in [4.69, 9.17) is 10.2 Å². The molecule has 0 fully saturated rings. The summed E-state index contributed by atoms with van der Waals surface area (Å²) in [6.07, 6.45) is 1.60. The molecule has 0 bridgehead atoms. The summed E-state index contributed by atoms with van der Waals surface area (Å²) in [6.45, 7) is 4.80. The van der Waals surface area contributed by atoms with Crippen molar-refractivity contribution in [1.29, 1.82) is 0 Å². The van der Waals surface area contributed by atoms with Gasteiger partial charge in [0.05, 0.1) is 13.2 Å². The number of nitrogens with zero attached hydrogens (tertiary/aromatic N) is 1. The molecule has 0 aliphatic carbocycles. The van der Waals surface area contributed by atoms with Gasteiger partial charge in [-0.2, -0.15) is 0 Å². The lowest BCUT2D eigenvalue weighted by Crippen LogP contribution is -2.23. The Morgan fingerprint density at radius 2 is 1.60 bits per heavy atom. The van der Waals surface area contributed by atoms with E-state index in [0.29, 0.717) is 13.1 Å². The normalized spacial score (nSPS) is 8.20. The highest BCUT2D eigenvalue weighted by molar-refractivity contribution is 4.69. The zero-order chi connectivity index (χ0) is 7.11. The van der Waals surface area contributed by atoms with Gasteiger partial charge in [0, 0.05) is 13.1 Å². The molecule has 0 aromatic heterocycles. The second-order valence-electron chi connectivity index (χ2n) is 1.67. The third-order valence-electron chi connectivity index (χ3n) is 1.03. The van der Waals surface area contributed by atoms with Gasteiger partial charge >= 0.3 is 0 Å². The number of aliphatic hydroxyl groups excluding tert-OH is 2. The third kappa shape index (κ3) is 5.55. The largest absolute Gasteiger partial charge is 0.395 e. The van der Waals surface area contributed by atoms with Crippen molar-refractivity contribution in [1.82, 2.24) is 11.1 Å². The maximum absolute atomic E-state index is 8.42. The van der Waals surface area contributed by atoms with Crippen LogP contribution in [0.5, 0.6) is 0 Å². The van der Waals surface area contributed by atoms with Gasteiger partial charge in [0.2, 0.25) is 0 Å². The number of rotatable bonds is 5. The summed E-state index contributed by atoms with van der Waals surface area (Å²) in [6, 6.07) is 0. The van der Waals surface area contributed by atoms with Crippen LogP contribution in [-0.4, -0.2) is 41.4 Å². The summed E-state index contributed by atoms with van der Waals surface area (Å²) in [5.41, 5.74) is 0. The van der Waals surface area contributed by atoms with Gasteiger partial charge in [-0.1, -0.05) is 6.58 Å². The van der Waals surface area contributed by atoms with Gasteiger partial charge in [-0.05, 0) is 6.20 Å². The Hall–Kier alpha value is -0.580. The molecule has 62 valence electrons. The van der Waals surface area contributed by atoms with Crippen LogP contribution < -0.4 is 6.15 Å². The van der Waals surface area contributed by atoms with E-state index in [2.05, 4.69) is 6.58 Å². The van der Waals surface area contributed by atoms with E-state index in [0.717, 1.165) is 0 Å². The Morgan fingerprint density at radius 3 is 1.80 bits per heavy atom. The number of hydrogen-bond donors (Lipinski definition) is 3. The van der Waals surface area contributed by atoms with Crippen LogP contribution in [0.4, 0.5) is 0 Å². The van der Waals surface area contributed by atoms with Crippen LogP contribution in [0, 0.1) is 0 Å². The summed E-state index contributed by atoms with van der Waals surface area (Å²) < 4.78 is 0. The average Bonchev–Trinajstić information content (AvgIpc) is 1.88. The van der Waals surface area contributed by atoms with Gasteiger partial charge in [0.15, 0.2) is 0 Å². The van der Waals surface area contributed by atoms with Gasteiger partial charge in [-0.15, -0.1) is 0 Å². The molecule has 0 unspecified atom stereocenters. The fourth-order valence-corrected chi connectivity index (χ4v) is 0.551. The maximum atomic E-state index is 8.42. The number of hydrogen-bond acceptors (Lipinski definition) is 4. The van der Waals surface area contributed by atoms with E-state index in [1.165, 1.54) is 0 Å². The second-order valence-corrected chi connectivity index (χ2v) is 1.67. The van der Waals surface area contributed by atoms with E-state index in [9.17, 15) is 0 Å². The van der Waals surface area contributed by atoms with Crippen LogP contribution in [0.15, 0.2) is 12.8 Å². The van der Waals surface area contributed by atoms with Crippen LogP contribution >= 0.6 is 0 Å². The standard InChI is InChI=1S/C6H13NO2.H3N/c1-2-7(3-5-8)4-6-9;/h2,8-9H,1,3-6H2;1H3. The monoisotopic (exact) mass is 148 g/mol. The van der Waals surface area contributed by atoms with Gasteiger partial charge in [0.1, 0.15) is 0 Å². The van der Waals surface area contributed by atoms with Crippen molar-refractivity contribution < 1.29 is 10.2 Å². The first-order valence-corrected chi connectivity index (χ1v) is 2.93. The lowest BCUT2D eigenvalue weighted by molar-refractivity contribution is 0.199. The molecular weight excluding hydrogens is 132 g/mol. The average molecular weight is 148 g/mol. The Kier molecular flexibility index (Phi) is 10.2. The van der Waals surface area contributed by atoms with Crippen molar-refractivity contribution in [3.63, 3.8) is 0 Å². The molecule has 0 aromatic rings. The molecule has 0 aliphatic heterocycles. The molecule has 5 N–H and O–H groups in total. The summed E-state index contributed by atoms with van der Waals surface area (Å²) in [4.78, 5) is 1.75. The van der Waals surface area contributed by atoms with E-state index in [-0.39, 0.29) is 19.4 Å². The van der Waals surface area contributed by atoms with Crippen LogP contribution in [0.3, 0.4) is 0 Å². The quantitative estimate of drug-likeness (QED) is 0.494. The molecule has 0 radical (unpaired) electrons. The van der Waals surface area contributed by atoms with Crippen molar-refractivity contribution in [3.8, 4) is 0 Å². The summed E-state index contributed by atoms with van der Waals surface area (Å²) in [5.74, 6) is 0. The lowest BCUT2D eigenvalue weighted by atomic mass is 10.5. The zero-order valence-electron chi connectivity index (χ0n) is 6.16. The molecular formula is C6H16N2O2. The molecule has 0 rings (SSSR count). The summed E-state index contributed by atoms with van der Waals surface area (Å²) >= 11 is 0. The molecule has 10 heavy (non-hydrogen) atoms. The van der Waals surface area contributed by atoms with Crippen molar-refractivity contribution in [2.75, 3.05) is 26.3 Å². The molecule has 4 nitrogen and oxygen atoms in total. The predicted molar refractivity (Wildman–Crippen MR) is 41.0 cm³/mol. The Labute approximate surface area is 61.4 Å². The Balaban J connectivity index is 0. The highest BCUT2D eigenvalue weighted by Crippen LogP contribution is 1.84. The van der Waals surface area contributed by atoms with Crippen LogP contribution in [-0.2, 0) is 0 Å². The van der Waals surface area contributed by atoms with Gasteiger partial charge in [-0.3, -0.25) is 0 Å². The van der Waals surface area contributed by atoms with Crippen molar-refractivity contribution in [2.45, 2.75) is 0 Å². The first-order valence-electron chi connectivity index (χ1n) is 2.93. The second kappa shape index (κ2) is 8.42. The van der Waals surface area contributed by atoms with Crippen LogP contribution in [0.2, 0.25) is 0 Å². The molecule has 0 aromatic carbocycles.